The maximum Gasteiger partial charge on any atom is 0 e. The molecule has 28 valence electrons. The van der Waals surface area contributed by atoms with E-state index in [0.29, 0.717) is 0 Å². The van der Waals surface area contributed by atoms with Crippen molar-refractivity contribution in [2.24, 2.45) is 0 Å². The van der Waals surface area contributed by atoms with Gasteiger partial charge in [0.2, 0.25) is 0 Å². The molecule has 6 heavy (non-hydrogen) atoms. The van der Waals surface area contributed by atoms with Gasteiger partial charge in [-0.15, -0.1) is 0 Å². The Labute approximate surface area is 56.9 Å². The summed E-state index contributed by atoms with van der Waals surface area (Å²) in [6.45, 7) is 0. The van der Waals surface area contributed by atoms with Gasteiger partial charge in [0.1, 0.15) is 0 Å². The number of hydrogen-bond donors (Lipinski definition) is 0. The smallest absolute Gasteiger partial charge is 0 e. The minimum absolute atomic E-state index is 0. The van der Waals surface area contributed by atoms with Gasteiger partial charge in [-0.25, -0.2) is 0 Å². The largest absolute Gasteiger partial charge is 0.670 e. The quantitative estimate of drug-likeness (QED) is 0.532. The summed E-state index contributed by atoms with van der Waals surface area (Å²) in [4.78, 5) is 3.72. The van der Waals surface area contributed by atoms with Crippen molar-refractivity contribution in [1.29, 1.82) is 0 Å². The Bertz CT molecular complexity index is 64.0. The number of aromatic nitrogens is 1. The minimum Gasteiger partial charge on any atom is -0.670 e. The van der Waals surface area contributed by atoms with Gasteiger partial charge in [-0.3, -0.25) is 0 Å². The van der Waals surface area contributed by atoms with Gasteiger partial charge in [-0.05, 0) is 0 Å². The SMILES string of the molecule is [Cd].c1cc[n-]c1. The van der Waals surface area contributed by atoms with Gasteiger partial charge >= 0.3 is 0 Å². The first-order valence-electron chi connectivity index (χ1n) is 1.52. The molecule has 1 nitrogen and oxygen atoms in total. The van der Waals surface area contributed by atoms with Gasteiger partial charge in [0.15, 0.2) is 0 Å². The molecule has 0 saturated carbocycles. The summed E-state index contributed by atoms with van der Waals surface area (Å²) in [5.74, 6) is 0. The zero-order chi connectivity index (χ0) is 3.54. The van der Waals surface area contributed by atoms with E-state index in [1.165, 1.54) is 0 Å². The Morgan fingerprint density at radius 3 is 1.67 bits per heavy atom. The first kappa shape index (κ1) is 6.20. The normalized spacial score (nSPS) is 6.67. The maximum atomic E-state index is 3.72. The Morgan fingerprint density at radius 1 is 1.00 bits per heavy atom. The molecule has 0 spiro atoms. The molecule has 0 radical (unpaired) electrons. The first-order valence-corrected chi connectivity index (χ1v) is 1.52. The van der Waals surface area contributed by atoms with Crippen LogP contribution in [0.15, 0.2) is 24.5 Å². The van der Waals surface area contributed by atoms with E-state index >= 15 is 0 Å². The van der Waals surface area contributed by atoms with Crippen LogP contribution < -0.4 is 4.98 Å². The predicted molar refractivity (Wildman–Crippen MR) is 19.8 cm³/mol. The van der Waals surface area contributed by atoms with Crippen molar-refractivity contribution < 1.29 is 27.3 Å². The van der Waals surface area contributed by atoms with Gasteiger partial charge in [0, 0.05) is 27.3 Å². The second kappa shape index (κ2) is 3.39. The second-order valence-corrected chi connectivity index (χ2v) is 0.832. The summed E-state index contributed by atoms with van der Waals surface area (Å²) >= 11 is 0. The molecule has 1 heterocycles. The zero-order valence-corrected chi connectivity index (χ0v) is 7.50. The molecule has 0 unspecified atom stereocenters. The van der Waals surface area contributed by atoms with Crippen molar-refractivity contribution in [3.8, 4) is 0 Å². The molecule has 0 aliphatic carbocycles. The molecule has 1 aromatic heterocycles. The van der Waals surface area contributed by atoms with Gasteiger partial charge in [0.05, 0.1) is 0 Å². The zero-order valence-electron chi connectivity index (χ0n) is 3.46. The second-order valence-electron chi connectivity index (χ2n) is 0.832. The Balaban J connectivity index is 0.000000250. The molecule has 0 aromatic carbocycles. The number of rotatable bonds is 0. The molecule has 0 saturated heterocycles. The van der Waals surface area contributed by atoms with Gasteiger partial charge in [0.25, 0.3) is 0 Å². The molecule has 2 heteroatoms. The van der Waals surface area contributed by atoms with Crippen LogP contribution in [0.3, 0.4) is 0 Å². The van der Waals surface area contributed by atoms with E-state index in [1.54, 1.807) is 12.4 Å². The molecule has 0 fully saturated rings. The van der Waals surface area contributed by atoms with Crippen molar-refractivity contribution in [2.45, 2.75) is 0 Å². The third-order valence-electron chi connectivity index (χ3n) is 0.455. The van der Waals surface area contributed by atoms with Crippen LogP contribution in [0.1, 0.15) is 0 Å². The topological polar surface area (TPSA) is 14.1 Å². The summed E-state index contributed by atoms with van der Waals surface area (Å²) in [5.41, 5.74) is 0. The van der Waals surface area contributed by atoms with Gasteiger partial charge in [-0.2, -0.15) is 12.4 Å². The van der Waals surface area contributed by atoms with Crippen LogP contribution in [0, 0.1) is 0 Å². The molecule has 1 aromatic rings. The molecule has 0 N–H and O–H groups in total. The molecule has 0 bridgehead atoms. The van der Waals surface area contributed by atoms with Gasteiger partial charge in [-0.1, -0.05) is 12.1 Å². The minimum atomic E-state index is 0. The first-order chi connectivity index (χ1) is 2.50. The fraction of sp³-hybridized carbons (Fsp3) is 0. The van der Waals surface area contributed by atoms with E-state index < -0.39 is 0 Å². The van der Waals surface area contributed by atoms with Crippen LogP contribution in [-0.4, -0.2) is 0 Å². The van der Waals surface area contributed by atoms with Crippen molar-refractivity contribution >= 4 is 0 Å². The third-order valence-corrected chi connectivity index (χ3v) is 0.455. The van der Waals surface area contributed by atoms with Crippen molar-refractivity contribution in [2.75, 3.05) is 0 Å². The number of hydrogen-bond acceptors (Lipinski definition) is 0. The summed E-state index contributed by atoms with van der Waals surface area (Å²) in [7, 11) is 0. The van der Waals surface area contributed by atoms with E-state index in [9.17, 15) is 0 Å². The monoisotopic (exact) mass is 180 g/mol. The molecule has 0 aliphatic heterocycles. The van der Waals surface area contributed by atoms with Crippen molar-refractivity contribution in [3.63, 3.8) is 0 Å². The molecule has 1 rings (SSSR count). The Kier molecular flexibility index (Phi) is 3.51. The van der Waals surface area contributed by atoms with Crippen LogP contribution in [0.25, 0.3) is 0 Å². The van der Waals surface area contributed by atoms with Crippen LogP contribution in [-0.2, 0) is 27.3 Å². The summed E-state index contributed by atoms with van der Waals surface area (Å²) in [6.07, 6.45) is 3.50. The average Bonchev–Trinajstić information content (AvgIpc) is 1.76. The Morgan fingerprint density at radius 2 is 1.50 bits per heavy atom. The molecule has 0 atom stereocenters. The van der Waals surface area contributed by atoms with E-state index in [0.717, 1.165) is 0 Å². The standard InChI is InChI=1S/C4H4N.Cd/c1-2-4-5-3-1;/h1-4H;/q-1;. The van der Waals surface area contributed by atoms with Crippen molar-refractivity contribution in [3.05, 3.63) is 24.5 Å². The molecular weight excluding hydrogens is 174 g/mol. The van der Waals surface area contributed by atoms with Crippen LogP contribution >= 0.6 is 0 Å². The van der Waals surface area contributed by atoms with Gasteiger partial charge < -0.3 is 4.98 Å². The predicted octanol–water partition coefficient (Wildman–Crippen LogP) is 0.641. The van der Waals surface area contributed by atoms with Crippen LogP contribution in [0.2, 0.25) is 0 Å². The average molecular weight is 178 g/mol. The molecular formula is C4H4CdN-. The van der Waals surface area contributed by atoms with Crippen LogP contribution in [0.5, 0.6) is 0 Å². The van der Waals surface area contributed by atoms with E-state index in [-0.39, 0.29) is 27.3 Å². The van der Waals surface area contributed by atoms with E-state index in [1.807, 2.05) is 12.1 Å². The van der Waals surface area contributed by atoms with E-state index in [2.05, 4.69) is 4.98 Å². The third kappa shape index (κ3) is 1.59. The summed E-state index contributed by atoms with van der Waals surface area (Å²) in [6, 6.07) is 3.78. The van der Waals surface area contributed by atoms with E-state index in [4.69, 9.17) is 0 Å². The fourth-order valence-electron chi connectivity index (χ4n) is 0.248. The summed E-state index contributed by atoms with van der Waals surface area (Å²) < 4.78 is 0. The maximum absolute atomic E-state index is 3.72. The Hall–Kier alpha value is 0.202. The van der Waals surface area contributed by atoms with Crippen LogP contribution in [0.4, 0.5) is 0 Å². The summed E-state index contributed by atoms with van der Waals surface area (Å²) in [5, 5.41) is 0. The number of nitrogens with zero attached hydrogens (tertiary/aromatic N) is 1. The molecule has 0 amide bonds. The fourth-order valence-corrected chi connectivity index (χ4v) is 0.248. The van der Waals surface area contributed by atoms with Crippen molar-refractivity contribution in [1.82, 2.24) is 4.98 Å². The molecule has 0 aliphatic rings.